The number of anilines is 1. The highest BCUT2D eigenvalue weighted by Gasteiger charge is 2.26. The van der Waals surface area contributed by atoms with Crippen molar-refractivity contribution >= 4 is 27.5 Å². The molecule has 1 amide bonds. The van der Waals surface area contributed by atoms with Crippen LogP contribution in [0.3, 0.4) is 0 Å². The number of rotatable bonds is 1. The predicted molar refractivity (Wildman–Crippen MR) is 57.5 cm³/mol. The van der Waals surface area contributed by atoms with Crippen LogP contribution in [0.1, 0.15) is 13.3 Å². The summed E-state index contributed by atoms with van der Waals surface area (Å²) in [5.74, 6) is 0.650. The maximum Gasteiger partial charge on any atom is 0.265 e. The largest absolute Gasteiger partial charge is 0.477 e. The molecule has 0 bridgehead atoms. The van der Waals surface area contributed by atoms with Crippen molar-refractivity contribution in [2.75, 3.05) is 5.32 Å². The SMILES string of the molecule is CCC1Oc2c(Br)cccc2NC1=O. The van der Waals surface area contributed by atoms with Crippen LogP contribution in [0.4, 0.5) is 5.69 Å². The van der Waals surface area contributed by atoms with Crippen molar-refractivity contribution < 1.29 is 9.53 Å². The fraction of sp³-hybridized carbons (Fsp3) is 0.300. The fourth-order valence-electron chi connectivity index (χ4n) is 1.40. The fourth-order valence-corrected chi connectivity index (χ4v) is 1.86. The van der Waals surface area contributed by atoms with Gasteiger partial charge < -0.3 is 10.1 Å². The quantitative estimate of drug-likeness (QED) is 0.838. The second-order valence-electron chi connectivity index (χ2n) is 3.12. The highest BCUT2D eigenvalue weighted by Crippen LogP contribution is 2.36. The van der Waals surface area contributed by atoms with Gasteiger partial charge in [-0.25, -0.2) is 0 Å². The Morgan fingerprint density at radius 3 is 3.07 bits per heavy atom. The van der Waals surface area contributed by atoms with E-state index in [-0.39, 0.29) is 12.0 Å². The van der Waals surface area contributed by atoms with Gasteiger partial charge in [-0.2, -0.15) is 0 Å². The minimum atomic E-state index is -0.374. The smallest absolute Gasteiger partial charge is 0.265 e. The molecule has 3 nitrogen and oxygen atoms in total. The van der Waals surface area contributed by atoms with Gasteiger partial charge in [0, 0.05) is 0 Å². The van der Waals surface area contributed by atoms with Gasteiger partial charge in [-0.15, -0.1) is 0 Å². The van der Waals surface area contributed by atoms with Crippen molar-refractivity contribution in [3.8, 4) is 5.75 Å². The Morgan fingerprint density at radius 1 is 1.57 bits per heavy atom. The Bertz CT molecular complexity index is 378. The molecule has 1 N–H and O–H groups in total. The number of fused-ring (bicyclic) bond motifs is 1. The van der Waals surface area contributed by atoms with E-state index in [2.05, 4.69) is 21.2 Å². The number of hydrogen-bond donors (Lipinski definition) is 1. The second-order valence-corrected chi connectivity index (χ2v) is 3.97. The number of benzene rings is 1. The zero-order valence-electron chi connectivity index (χ0n) is 7.71. The molecule has 0 aromatic heterocycles. The predicted octanol–water partition coefficient (Wildman–Crippen LogP) is 2.56. The molecule has 4 heteroatoms. The lowest BCUT2D eigenvalue weighted by atomic mass is 10.2. The van der Waals surface area contributed by atoms with Crippen molar-refractivity contribution in [2.24, 2.45) is 0 Å². The Hall–Kier alpha value is -1.03. The van der Waals surface area contributed by atoms with Crippen molar-refractivity contribution in [1.29, 1.82) is 0 Å². The Labute approximate surface area is 90.6 Å². The molecule has 1 atom stereocenters. The zero-order valence-corrected chi connectivity index (χ0v) is 9.30. The molecule has 0 saturated heterocycles. The first-order chi connectivity index (χ1) is 6.72. The van der Waals surface area contributed by atoms with Gasteiger partial charge in [-0.1, -0.05) is 13.0 Å². The van der Waals surface area contributed by atoms with Gasteiger partial charge in [0.2, 0.25) is 0 Å². The maximum absolute atomic E-state index is 11.4. The minimum absolute atomic E-state index is 0.0712. The van der Waals surface area contributed by atoms with Gasteiger partial charge >= 0.3 is 0 Å². The van der Waals surface area contributed by atoms with Crippen LogP contribution < -0.4 is 10.1 Å². The highest BCUT2D eigenvalue weighted by atomic mass is 79.9. The summed E-state index contributed by atoms with van der Waals surface area (Å²) in [7, 11) is 0. The number of ether oxygens (including phenoxy) is 1. The van der Waals surface area contributed by atoms with E-state index in [4.69, 9.17) is 4.74 Å². The normalized spacial score (nSPS) is 19.6. The van der Waals surface area contributed by atoms with Crippen molar-refractivity contribution in [2.45, 2.75) is 19.4 Å². The van der Waals surface area contributed by atoms with Crippen LogP contribution in [-0.2, 0) is 4.79 Å². The van der Waals surface area contributed by atoms with Gasteiger partial charge in [0.25, 0.3) is 5.91 Å². The Morgan fingerprint density at radius 2 is 2.36 bits per heavy atom. The molecule has 0 spiro atoms. The molecule has 1 aromatic rings. The standard InChI is InChI=1S/C10H10BrNO2/c1-2-8-10(13)12-7-5-3-4-6(11)9(7)14-8/h3-5,8H,2H2,1H3,(H,12,13). The van der Waals surface area contributed by atoms with Crippen LogP contribution in [0.5, 0.6) is 5.75 Å². The number of nitrogens with one attached hydrogen (secondary N) is 1. The minimum Gasteiger partial charge on any atom is -0.477 e. The lowest BCUT2D eigenvalue weighted by Gasteiger charge is -2.25. The molecule has 1 aliphatic rings. The molecule has 2 rings (SSSR count). The zero-order chi connectivity index (χ0) is 10.1. The van der Waals surface area contributed by atoms with Crippen LogP contribution in [0, 0.1) is 0 Å². The third kappa shape index (κ3) is 1.50. The first-order valence-corrected chi connectivity index (χ1v) is 5.27. The monoisotopic (exact) mass is 255 g/mol. The lowest BCUT2D eigenvalue weighted by molar-refractivity contribution is -0.123. The van der Waals surface area contributed by atoms with E-state index in [0.717, 1.165) is 15.9 Å². The molecule has 14 heavy (non-hydrogen) atoms. The molecule has 0 fully saturated rings. The van der Waals surface area contributed by atoms with E-state index in [1.807, 2.05) is 25.1 Å². The summed E-state index contributed by atoms with van der Waals surface area (Å²) in [6, 6.07) is 5.58. The highest BCUT2D eigenvalue weighted by molar-refractivity contribution is 9.10. The van der Waals surface area contributed by atoms with Crippen LogP contribution in [0.25, 0.3) is 0 Å². The average Bonchev–Trinajstić information content (AvgIpc) is 2.17. The van der Waals surface area contributed by atoms with E-state index in [9.17, 15) is 4.79 Å². The molecule has 0 saturated carbocycles. The van der Waals surface area contributed by atoms with Gasteiger partial charge in [-0.05, 0) is 34.5 Å². The topological polar surface area (TPSA) is 38.3 Å². The molecule has 1 heterocycles. The van der Waals surface area contributed by atoms with Crippen molar-refractivity contribution in [3.05, 3.63) is 22.7 Å². The lowest BCUT2D eigenvalue weighted by Crippen LogP contribution is -2.36. The maximum atomic E-state index is 11.4. The van der Waals surface area contributed by atoms with E-state index < -0.39 is 0 Å². The third-order valence-corrected chi connectivity index (χ3v) is 2.77. The molecule has 74 valence electrons. The van der Waals surface area contributed by atoms with E-state index >= 15 is 0 Å². The average molecular weight is 256 g/mol. The van der Waals surface area contributed by atoms with Crippen molar-refractivity contribution in [1.82, 2.24) is 0 Å². The second kappa shape index (κ2) is 3.61. The van der Waals surface area contributed by atoms with Crippen LogP contribution in [-0.4, -0.2) is 12.0 Å². The van der Waals surface area contributed by atoms with E-state index in [0.29, 0.717) is 6.42 Å². The summed E-state index contributed by atoms with van der Waals surface area (Å²) in [4.78, 5) is 11.4. The van der Waals surface area contributed by atoms with Crippen molar-refractivity contribution in [3.63, 3.8) is 0 Å². The summed E-state index contributed by atoms with van der Waals surface area (Å²) in [5.41, 5.74) is 0.731. The third-order valence-electron chi connectivity index (χ3n) is 2.15. The molecule has 0 radical (unpaired) electrons. The molecular formula is C10H10BrNO2. The Balaban J connectivity index is 2.40. The number of amides is 1. The Kier molecular flexibility index (Phi) is 2.46. The number of halogens is 1. The summed E-state index contributed by atoms with van der Waals surface area (Å²) in [6.45, 7) is 1.92. The summed E-state index contributed by atoms with van der Waals surface area (Å²) >= 11 is 3.38. The number of carbonyl (C=O) groups is 1. The molecule has 1 aromatic carbocycles. The van der Waals surface area contributed by atoms with Gasteiger partial charge in [0.1, 0.15) is 0 Å². The molecule has 0 aliphatic carbocycles. The number of carbonyl (C=O) groups excluding carboxylic acids is 1. The van der Waals surface area contributed by atoms with Crippen LogP contribution in [0.15, 0.2) is 22.7 Å². The number of hydrogen-bond acceptors (Lipinski definition) is 2. The summed E-state index contributed by atoms with van der Waals surface area (Å²) in [6.07, 6.45) is 0.299. The van der Waals surface area contributed by atoms with Gasteiger partial charge in [0.05, 0.1) is 10.2 Å². The first-order valence-electron chi connectivity index (χ1n) is 4.48. The number of para-hydroxylation sites is 1. The van der Waals surface area contributed by atoms with Gasteiger partial charge in [0.15, 0.2) is 11.9 Å². The van der Waals surface area contributed by atoms with Crippen LogP contribution in [0.2, 0.25) is 0 Å². The van der Waals surface area contributed by atoms with Crippen LogP contribution >= 0.6 is 15.9 Å². The van der Waals surface area contributed by atoms with E-state index in [1.165, 1.54) is 0 Å². The first kappa shape index (κ1) is 9.52. The molecule has 1 unspecified atom stereocenters. The summed E-state index contributed by atoms with van der Waals surface area (Å²) < 4.78 is 6.43. The summed E-state index contributed by atoms with van der Waals surface area (Å²) in [5, 5.41) is 2.81. The van der Waals surface area contributed by atoms with E-state index in [1.54, 1.807) is 0 Å². The van der Waals surface area contributed by atoms with Gasteiger partial charge in [-0.3, -0.25) is 4.79 Å². The molecular weight excluding hydrogens is 246 g/mol. The molecule has 1 aliphatic heterocycles.